The minimum absolute atomic E-state index is 0. The van der Waals surface area contributed by atoms with Crippen LogP contribution in [0.5, 0.6) is 0 Å². The molecule has 0 spiro atoms. The molecule has 54 heavy (non-hydrogen) atoms. The quantitative estimate of drug-likeness (QED) is 0.156. The van der Waals surface area contributed by atoms with Gasteiger partial charge in [0.05, 0.1) is 5.58 Å². The number of aromatic nitrogens is 3. The molecular formula is C49H45IrN3O-2. The van der Waals surface area contributed by atoms with E-state index in [9.17, 15) is 0 Å². The van der Waals surface area contributed by atoms with Crippen LogP contribution < -0.4 is 0 Å². The first kappa shape index (κ1) is 22.9. The Hall–Kier alpha value is -5.22. The van der Waals surface area contributed by atoms with Gasteiger partial charge in [-0.05, 0) is 102 Å². The molecule has 4 aromatic heterocycles. The molecule has 4 heterocycles. The number of fused-ring (bicyclic) bond motifs is 3. The fraction of sp³-hybridized carbons (Fsp3) is 0.204. The van der Waals surface area contributed by atoms with Crippen molar-refractivity contribution in [3.63, 3.8) is 0 Å². The standard InChI is InChI=1S/C26H21N2O.C23H24N.Ir/c1-16-7-10-19(11-8-16)13-20-14-24(27-15-17(20)2)23-6-4-5-21-22-12-9-18(3)28-26(22)29-25(21)23;1-17-5-9-20(10-6-17)22-15-21(13-14-24-22)19-11-7-18(8-12-19)16-23(2,3)4;/h4-5,7-12,14-15H,13H2,1-3H3;5-9,11-15H,16H2,1-4H3;/q2*-1;/i1D3,2D3,3D3,13D2;1D3,16D2;. The van der Waals surface area contributed by atoms with Gasteiger partial charge in [-0.3, -0.25) is 0 Å². The zero-order valence-electron chi connectivity index (χ0n) is 45.6. The van der Waals surface area contributed by atoms with Gasteiger partial charge in [-0.1, -0.05) is 105 Å². The number of aryl methyl sites for hydroxylation is 4. The summed E-state index contributed by atoms with van der Waals surface area (Å²) < 4.78 is 133. The third kappa shape index (κ3) is 9.10. The molecule has 0 atom stereocenters. The Labute approximate surface area is 355 Å². The second kappa shape index (κ2) is 16.4. The van der Waals surface area contributed by atoms with Crippen LogP contribution in [0.1, 0.15) is 81.8 Å². The number of nitrogens with zero attached hydrogens (tertiary/aromatic N) is 3. The van der Waals surface area contributed by atoms with Gasteiger partial charge < -0.3 is 14.4 Å². The molecule has 0 saturated heterocycles. The van der Waals surface area contributed by atoms with Crippen LogP contribution in [0.3, 0.4) is 0 Å². The first-order valence-electron chi connectivity index (χ1n) is 24.8. The van der Waals surface area contributed by atoms with Gasteiger partial charge in [-0.2, -0.15) is 0 Å². The van der Waals surface area contributed by atoms with Crippen LogP contribution in [0.2, 0.25) is 0 Å². The minimum Gasteiger partial charge on any atom is -0.486 e. The summed E-state index contributed by atoms with van der Waals surface area (Å²) in [4.78, 5) is 12.8. The molecule has 0 aliphatic rings. The zero-order chi connectivity index (χ0) is 50.7. The average molecular weight is 900 g/mol. The third-order valence-corrected chi connectivity index (χ3v) is 8.21. The summed E-state index contributed by atoms with van der Waals surface area (Å²) in [5.41, 5.74) is 4.05. The summed E-state index contributed by atoms with van der Waals surface area (Å²) >= 11 is 0. The van der Waals surface area contributed by atoms with Gasteiger partial charge in [0.15, 0.2) is 0 Å². The number of hydrogen-bond acceptors (Lipinski definition) is 4. The zero-order valence-corrected chi connectivity index (χ0v) is 32.0. The number of rotatable bonds is 6. The van der Waals surface area contributed by atoms with Crippen LogP contribution in [0.15, 0.2) is 126 Å². The first-order valence-corrected chi connectivity index (χ1v) is 16.8. The molecule has 5 heteroatoms. The van der Waals surface area contributed by atoms with E-state index >= 15 is 0 Å². The summed E-state index contributed by atoms with van der Waals surface area (Å²) in [5, 5.41) is 1.15. The molecule has 0 aliphatic heterocycles. The van der Waals surface area contributed by atoms with E-state index in [0.717, 1.165) is 22.9 Å². The van der Waals surface area contributed by atoms with Crippen molar-refractivity contribution < 1.29 is 46.5 Å². The molecule has 1 radical (unpaired) electrons. The van der Waals surface area contributed by atoms with E-state index in [1.165, 1.54) is 42.5 Å². The van der Waals surface area contributed by atoms with Crippen molar-refractivity contribution in [2.24, 2.45) is 5.41 Å². The van der Waals surface area contributed by atoms with Crippen molar-refractivity contribution in [1.82, 2.24) is 15.0 Å². The van der Waals surface area contributed by atoms with E-state index in [1.54, 1.807) is 36.5 Å². The maximum Gasteiger partial charge on any atom is 0.216 e. The van der Waals surface area contributed by atoms with Crippen molar-refractivity contribution in [2.45, 2.75) is 60.9 Å². The summed E-state index contributed by atoms with van der Waals surface area (Å²) in [6.45, 7) is -3.98. The molecule has 0 fully saturated rings. The van der Waals surface area contributed by atoms with E-state index in [1.807, 2.05) is 57.2 Å². The van der Waals surface area contributed by atoms with Crippen LogP contribution in [0, 0.1) is 45.0 Å². The Morgan fingerprint density at radius 3 is 2.24 bits per heavy atom. The van der Waals surface area contributed by atoms with Crippen molar-refractivity contribution in [2.75, 3.05) is 0 Å². The number of pyridine rings is 3. The van der Waals surface area contributed by atoms with Gasteiger partial charge in [0.25, 0.3) is 0 Å². The van der Waals surface area contributed by atoms with Crippen LogP contribution in [0.4, 0.5) is 0 Å². The minimum atomic E-state index is -2.70. The monoisotopic (exact) mass is 900 g/mol. The SMILES string of the molecule is [2H]C([2H])([2H])c1c[c-]c(-c2cc(-c3ccc(C([2H])([2H])C(C)(C)C)cc3)ccn2)cc1.[2H]C([2H])([2H])c1ccc(C([2H])([2H])c2cc(-c3[c-]ccc4c3oc3nc(C([2H])([2H])[2H])ccc34)ncc2C([2H])([2H])[2H])cc1.[Ir]. The number of benzene rings is 4. The van der Waals surface area contributed by atoms with Crippen molar-refractivity contribution in [1.29, 1.82) is 0 Å². The molecule has 273 valence electrons. The van der Waals surface area contributed by atoms with Crippen molar-refractivity contribution in [3.8, 4) is 33.6 Å². The molecule has 8 aromatic rings. The molecule has 0 amide bonds. The first-order chi connectivity index (χ1) is 31.9. The summed E-state index contributed by atoms with van der Waals surface area (Å²) in [5.74, 6) is 0. The maximum atomic E-state index is 8.90. The number of hydrogen-bond donors (Lipinski definition) is 0. The fourth-order valence-corrected chi connectivity index (χ4v) is 5.74. The van der Waals surface area contributed by atoms with E-state index in [4.69, 9.17) is 26.3 Å². The summed E-state index contributed by atoms with van der Waals surface area (Å²) in [6.07, 6.45) is -0.980. The van der Waals surface area contributed by atoms with Gasteiger partial charge in [-0.15, -0.1) is 53.6 Å². The van der Waals surface area contributed by atoms with E-state index < -0.39 is 45.6 Å². The summed E-state index contributed by atoms with van der Waals surface area (Å²) in [6, 6.07) is 35.0. The third-order valence-electron chi connectivity index (χ3n) is 8.21. The molecule has 0 saturated carbocycles. The molecule has 8 rings (SSSR count). The molecule has 4 aromatic carbocycles. The Morgan fingerprint density at radius 1 is 0.722 bits per heavy atom. The second-order valence-electron chi connectivity index (χ2n) is 13.4. The molecule has 0 unspecified atom stereocenters. The van der Waals surface area contributed by atoms with E-state index in [2.05, 4.69) is 27.1 Å². The molecule has 0 N–H and O–H groups in total. The van der Waals surface area contributed by atoms with Crippen LogP contribution in [-0.4, -0.2) is 15.0 Å². The smallest absolute Gasteiger partial charge is 0.216 e. The van der Waals surface area contributed by atoms with Gasteiger partial charge in [0.1, 0.15) is 0 Å². The van der Waals surface area contributed by atoms with E-state index in [0.29, 0.717) is 27.6 Å². The molecule has 4 nitrogen and oxygen atoms in total. The predicted octanol–water partition coefficient (Wildman–Crippen LogP) is 12.5. The van der Waals surface area contributed by atoms with Crippen molar-refractivity contribution in [3.05, 3.63) is 173 Å². The van der Waals surface area contributed by atoms with Gasteiger partial charge in [0.2, 0.25) is 5.71 Å². The largest absolute Gasteiger partial charge is 0.486 e. The average Bonchev–Trinajstić information content (AvgIpc) is 3.66. The Kier molecular flexibility index (Phi) is 6.96. The maximum absolute atomic E-state index is 8.90. The number of furan rings is 1. The topological polar surface area (TPSA) is 51.8 Å². The van der Waals surface area contributed by atoms with Crippen LogP contribution in [-0.2, 0) is 32.9 Å². The fourth-order valence-electron chi connectivity index (χ4n) is 5.74. The molecule has 0 aliphatic carbocycles. The Morgan fingerprint density at radius 2 is 1.52 bits per heavy atom. The van der Waals surface area contributed by atoms with Crippen LogP contribution >= 0.6 is 0 Å². The van der Waals surface area contributed by atoms with Gasteiger partial charge in [0, 0.05) is 65.5 Å². The molecular weight excluding hydrogens is 839 g/mol. The Bertz CT molecular complexity index is 3130. The normalized spacial score (nSPS) is 17.1. The van der Waals surface area contributed by atoms with E-state index in [-0.39, 0.29) is 70.6 Å². The molecule has 0 bridgehead atoms. The van der Waals surface area contributed by atoms with Gasteiger partial charge in [-0.25, -0.2) is 4.98 Å². The predicted molar refractivity (Wildman–Crippen MR) is 219 cm³/mol. The van der Waals surface area contributed by atoms with Crippen molar-refractivity contribution >= 4 is 22.1 Å². The van der Waals surface area contributed by atoms with Crippen LogP contribution in [0.25, 0.3) is 55.7 Å². The van der Waals surface area contributed by atoms with Gasteiger partial charge >= 0.3 is 0 Å². The second-order valence-corrected chi connectivity index (χ2v) is 13.4. The Balaban J connectivity index is 0.000000238. The summed E-state index contributed by atoms with van der Waals surface area (Å²) in [7, 11) is 0.